The Morgan fingerprint density at radius 1 is 0.829 bits per heavy atom. The van der Waals surface area contributed by atoms with E-state index < -0.39 is 0 Å². The second-order valence-corrected chi connectivity index (χ2v) is 12.1. The minimum Gasteiger partial charge on any atom is -0.370 e. The van der Waals surface area contributed by atoms with Gasteiger partial charge in [0, 0.05) is 87.2 Å². The summed E-state index contributed by atoms with van der Waals surface area (Å²) in [6, 6.07) is 29.3. The van der Waals surface area contributed by atoms with Gasteiger partial charge in [-0.05, 0) is 67.0 Å². The largest absolute Gasteiger partial charge is 0.370 e. The van der Waals surface area contributed by atoms with E-state index in [1.165, 1.54) is 58.9 Å². The zero-order chi connectivity index (χ0) is 27.8. The molecule has 2 aliphatic rings. The molecule has 0 unspecified atom stereocenters. The van der Waals surface area contributed by atoms with E-state index in [0.717, 1.165) is 38.2 Å². The Bertz CT molecular complexity index is 1620. The van der Waals surface area contributed by atoms with Gasteiger partial charge >= 0.3 is 0 Å². The molecular formula is C36H41N5. The summed E-state index contributed by atoms with van der Waals surface area (Å²) in [7, 11) is 4.38. The lowest BCUT2D eigenvalue weighted by Crippen LogP contribution is -2.51. The first-order chi connectivity index (χ1) is 20.1. The van der Waals surface area contributed by atoms with Crippen molar-refractivity contribution in [1.82, 2.24) is 14.5 Å². The molecule has 3 heterocycles. The summed E-state index contributed by atoms with van der Waals surface area (Å²) in [4.78, 5) is 12.5. The lowest BCUT2D eigenvalue weighted by Gasteiger charge is -2.43. The van der Waals surface area contributed by atoms with Crippen LogP contribution in [0.5, 0.6) is 0 Å². The highest BCUT2D eigenvalue weighted by molar-refractivity contribution is 5.94. The molecule has 2 aromatic heterocycles. The molecular weight excluding hydrogens is 502 g/mol. The van der Waals surface area contributed by atoms with Crippen molar-refractivity contribution in [2.45, 2.75) is 44.2 Å². The van der Waals surface area contributed by atoms with Crippen molar-refractivity contribution in [3.8, 4) is 0 Å². The van der Waals surface area contributed by atoms with Gasteiger partial charge in [-0.1, -0.05) is 54.6 Å². The Morgan fingerprint density at radius 3 is 2.39 bits per heavy atom. The zero-order valence-electron chi connectivity index (χ0n) is 24.4. The maximum absolute atomic E-state index is 4.83. The molecule has 41 heavy (non-hydrogen) atoms. The lowest BCUT2D eigenvalue weighted by atomic mass is 9.81. The number of hydrogen-bond acceptors (Lipinski definition) is 4. The van der Waals surface area contributed by atoms with E-state index in [2.05, 4.69) is 118 Å². The Morgan fingerprint density at radius 2 is 1.59 bits per heavy atom. The van der Waals surface area contributed by atoms with Crippen molar-refractivity contribution in [2.75, 3.05) is 43.0 Å². The molecule has 1 saturated carbocycles. The van der Waals surface area contributed by atoms with Gasteiger partial charge in [0.2, 0.25) is 0 Å². The molecule has 5 nitrogen and oxygen atoms in total. The normalized spacial score (nSPS) is 20.1. The van der Waals surface area contributed by atoms with E-state index in [0.29, 0.717) is 12.0 Å². The fourth-order valence-corrected chi connectivity index (χ4v) is 7.35. The number of anilines is 2. The molecule has 1 aliphatic carbocycles. The van der Waals surface area contributed by atoms with Gasteiger partial charge in [0.25, 0.3) is 0 Å². The van der Waals surface area contributed by atoms with Gasteiger partial charge in [-0.25, -0.2) is 0 Å². The number of hydrogen-bond donors (Lipinski definition) is 0. The van der Waals surface area contributed by atoms with Gasteiger partial charge in [0.1, 0.15) is 0 Å². The first-order valence-electron chi connectivity index (χ1n) is 15.3. The number of aromatic nitrogens is 2. The van der Waals surface area contributed by atoms with E-state index in [9.17, 15) is 0 Å². The van der Waals surface area contributed by atoms with Gasteiger partial charge in [0.15, 0.2) is 0 Å². The zero-order valence-corrected chi connectivity index (χ0v) is 24.4. The number of fused-ring (bicyclic) bond motifs is 2. The molecule has 0 amide bonds. The van der Waals surface area contributed by atoms with Crippen LogP contribution in [-0.2, 0) is 13.6 Å². The Balaban J connectivity index is 1.03. The third-order valence-electron chi connectivity index (χ3n) is 9.61. The number of nitrogens with zero attached hydrogens (tertiary/aromatic N) is 5. The smallest absolute Gasteiger partial charge is 0.0936 e. The lowest BCUT2D eigenvalue weighted by molar-refractivity contribution is 0.141. The Kier molecular flexibility index (Phi) is 7.14. The molecule has 0 spiro atoms. The van der Waals surface area contributed by atoms with E-state index >= 15 is 0 Å². The molecule has 1 aliphatic heterocycles. The van der Waals surface area contributed by atoms with Crippen molar-refractivity contribution in [1.29, 1.82) is 0 Å². The number of para-hydroxylation sites is 1. The standard InChI is InChI=1S/C36H41N5/c1-38(25-27-9-4-3-5-10-27)31-23-29-11-8-18-37-36(29)35(24-31)41-21-19-40(20-22-41)30-16-14-28(15-17-30)33-26-39(2)34-13-7-6-12-32(33)34/h3-13,18,23-24,26,28,30H,14-17,19-22,25H2,1-2H3. The minimum atomic E-state index is 0.687. The summed E-state index contributed by atoms with van der Waals surface area (Å²) < 4.78 is 2.31. The van der Waals surface area contributed by atoms with Crippen LogP contribution in [0.2, 0.25) is 0 Å². The van der Waals surface area contributed by atoms with Gasteiger partial charge in [-0.15, -0.1) is 0 Å². The van der Waals surface area contributed by atoms with Crippen LogP contribution < -0.4 is 9.80 Å². The summed E-state index contributed by atoms with van der Waals surface area (Å²) in [5, 5.41) is 2.67. The highest BCUT2D eigenvalue weighted by Crippen LogP contribution is 2.39. The minimum absolute atomic E-state index is 0.687. The summed E-state index contributed by atoms with van der Waals surface area (Å²) in [6.45, 7) is 5.26. The molecule has 0 radical (unpaired) electrons. The highest BCUT2D eigenvalue weighted by Gasteiger charge is 2.30. The molecule has 0 bridgehead atoms. The molecule has 3 aromatic carbocycles. The van der Waals surface area contributed by atoms with Crippen molar-refractivity contribution in [3.05, 3.63) is 102 Å². The maximum Gasteiger partial charge on any atom is 0.0936 e. The van der Waals surface area contributed by atoms with Crippen LogP contribution in [0.1, 0.15) is 42.7 Å². The van der Waals surface area contributed by atoms with E-state index in [-0.39, 0.29) is 0 Å². The molecule has 1 saturated heterocycles. The van der Waals surface area contributed by atoms with Crippen LogP contribution in [0.25, 0.3) is 21.8 Å². The molecule has 5 heteroatoms. The van der Waals surface area contributed by atoms with Crippen LogP contribution in [-0.4, -0.2) is 53.7 Å². The van der Waals surface area contributed by atoms with Crippen LogP contribution in [0.4, 0.5) is 11.4 Å². The number of pyridine rings is 1. The molecule has 5 aromatic rings. The fraction of sp³-hybridized carbons (Fsp3) is 0.361. The Hall–Kier alpha value is -3.83. The Labute approximate surface area is 244 Å². The monoisotopic (exact) mass is 543 g/mol. The number of rotatable bonds is 6. The molecule has 210 valence electrons. The van der Waals surface area contributed by atoms with Crippen LogP contribution >= 0.6 is 0 Å². The van der Waals surface area contributed by atoms with Crippen molar-refractivity contribution >= 4 is 33.2 Å². The second kappa shape index (κ2) is 11.2. The van der Waals surface area contributed by atoms with E-state index in [1.807, 2.05) is 6.20 Å². The fourth-order valence-electron chi connectivity index (χ4n) is 7.35. The molecule has 2 fully saturated rings. The first kappa shape index (κ1) is 26.1. The number of benzene rings is 3. The van der Waals surface area contributed by atoms with Gasteiger partial charge in [-0.3, -0.25) is 9.88 Å². The average molecular weight is 544 g/mol. The van der Waals surface area contributed by atoms with E-state index in [4.69, 9.17) is 4.98 Å². The first-order valence-corrected chi connectivity index (χ1v) is 15.3. The van der Waals surface area contributed by atoms with E-state index in [1.54, 1.807) is 5.56 Å². The number of piperazine rings is 1. The van der Waals surface area contributed by atoms with Crippen molar-refractivity contribution < 1.29 is 0 Å². The summed E-state index contributed by atoms with van der Waals surface area (Å²) >= 11 is 0. The topological polar surface area (TPSA) is 27.5 Å². The summed E-state index contributed by atoms with van der Waals surface area (Å²) in [5.74, 6) is 0.687. The predicted octanol–water partition coefficient (Wildman–Crippen LogP) is 7.21. The van der Waals surface area contributed by atoms with Gasteiger partial charge < -0.3 is 14.4 Å². The van der Waals surface area contributed by atoms with Crippen LogP contribution in [0, 0.1) is 0 Å². The second-order valence-electron chi connectivity index (χ2n) is 12.1. The molecule has 7 rings (SSSR count). The van der Waals surface area contributed by atoms with Gasteiger partial charge in [-0.2, -0.15) is 0 Å². The highest BCUT2D eigenvalue weighted by atomic mass is 15.3. The predicted molar refractivity (Wildman–Crippen MR) is 172 cm³/mol. The van der Waals surface area contributed by atoms with Crippen molar-refractivity contribution in [3.63, 3.8) is 0 Å². The summed E-state index contributed by atoms with van der Waals surface area (Å²) in [6.07, 6.45) is 9.52. The summed E-state index contributed by atoms with van der Waals surface area (Å²) in [5.41, 5.74) is 7.89. The quantitative estimate of drug-likeness (QED) is 0.226. The van der Waals surface area contributed by atoms with Crippen LogP contribution in [0.15, 0.2) is 91.3 Å². The third-order valence-corrected chi connectivity index (χ3v) is 9.61. The average Bonchev–Trinajstić information content (AvgIpc) is 3.37. The SMILES string of the molecule is CN(Cc1ccccc1)c1cc(N2CCN(C3CCC(c4cn(C)c5ccccc45)CC3)CC2)c2ncccc2c1. The van der Waals surface area contributed by atoms with Crippen LogP contribution in [0.3, 0.4) is 0 Å². The number of aryl methyl sites for hydroxylation is 1. The molecule has 0 atom stereocenters. The molecule has 0 N–H and O–H groups in total. The van der Waals surface area contributed by atoms with Crippen molar-refractivity contribution in [2.24, 2.45) is 7.05 Å². The maximum atomic E-state index is 4.83. The van der Waals surface area contributed by atoms with Gasteiger partial charge in [0.05, 0.1) is 11.2 Å². The third kappa shape index (κ3) is 5.19.